The highest BCUT2D eigenvalue weighted by Crippen LogP contribution is 2.46. The quantitative estimate of drug-likeness (QED) is 0.463. The molecule has 0 saturated heterocycles. The normalized spacial score (nSPS) is 27.5. The molecule has 0 radical (unpaired) electrons. The van der Waals surface area contributed by atoms with Gasteiger partial charge in [0.05, 0.1) is 13.2 Å². The maximum atomic E-state index is 11.7. The Morgan fingerprint density at radius 2 is 2.05 bits per heavy atom. The molecule has 6 heteroatoms. The molecule has 0 bridgehead atoms. The summed E-state index contributed by atoms with van der Waals surface area (Å²) < 4.78 is 9.88. The molecular weight excluding hydrogens is 272 g/mol. The van der Waals surface area contributed by atoms with Crippen LogP contribution in [0.15, 0.2) is 4.99 Å². The van der Waals surface area contributed by atoms with Gasteiger partial charge in [0.1, 0.15) is 6.61 Å². The lowest BCUT2D eigenvalue weighted by atomic mass is 9.62. The Hall–Kier alpha value is -1.39. The first-order chi connectivity index (χ1) is 9.80. The van der Waals surface area contributed by atoms with Crippen molar-refractivity contribution in [2.24, 2.45) is 15.8 Å². The topological polar surface area (TPSA) is 77.0 Å². The number of hydrogen-bond donors (Lipinski definition) is 1. The smallest absolute Gasteiger partial charge is 0.407 e. The van der Waals surface area contributed by atoms with Gasteiger partial charge in [-0.2, -0.15) is 0 Å². The molecule has 1 aliphatic carbocycles. The third-order valence-corrected chi connectivity index (χ3v) is 3.81. The molecule has 0 aromatic heterocycles. The third kappa shape index (κ3) is 6.27. The summed E-state index contributed by atoms with van der Waals surface area (Å²) in [4.78, 5) is 25.9. The first-order valence-corrected chi connectivity index (χ1v) is 7.26. The monoisotopic (exact) mass is 298 g/mol. The summed E-state index contributed by atoms with van der Waals surface area (Å²) in [6.07, 6.45) is 3.81. The minimum atomic E-state index is -0.420. The van der Waals surface area contributed by atoms with E-state index >= 15 is 0 Å². The lowest BCUT2D eigenvalue weighted by Gasteiger charge is -2.45. The number of alkyl carbamates (subject to hydrolysis) is 1. The van der Waals surface area contributed by atoms with E-state index in [1.165, 1.54) is 0 Å². The van der Waals surface area contributed by atoms with E-state index in [2.05, 4.69) is 31.1 Å². The number of rotatable bonds is 6. The van der Waals surface area contributed by atoms with Crippen LogP contribution in [0.5, 0.6) is 0 Å². The summed E-state index contributed by atoms with van der Waals surface area (Å²) in [7, 11) is 1.56. The molecule has 0 heterocycles. The Morgan fingerprint density at radius 3 is 2.67 bits per heavy atom. The molecule has 6 nitrogen and oxygen atoms in total. The molecule has 1 rings (SSSR count). The van der Waals surface area contributed by atoms with Crippen molar-refractivity contribution >= 4 is 12.2 Å². The fourth-order valence-corrected chi connectivity index (χ4v) is 3.51. The highest BCUT2D eigenvalue weighted by molar-refractivity contribution is 5.67. The second kappa shape index (κ2) is 7.57. The van der Waals surface area contributed by atoms with Crippen LogP contribution in [0.2, 0.25) is 0 Å². The minimum absolute atomic E-state index is 0.0237. The maximum Gasteiger partial charge on any atom is 0.407 e. The van der Waals surface area contributed by atoms with Crippen LogP contribution in [0.4, 0.5) is 4.79 Å². The molecular formula is C15H26N2O4. The Balaban J connectivity index is 2.60. The first-order valence-electron chi connectivity index (χ1n) is 7.26. The largest absolute Gasteiger partial charge is 0.447 e. The van der Waals surface area contributed by atoms with E-state index in [-0.39, 0.29) is 23.5 Å². The molecule has 2 atom stereocenters. The Bertz CT molecular complexity index is 404. The highest BCUT2D eigenvalue weighted by atomic mass is 16.6. The molecule has 0 aromatic rings. The van der Waals surface area contributed by atoms with E-state index < -0.39 is 6.09 Å². The van der Waals surface area contributed by atoms with Crippen LogP contribution in [0, 0.1) is 10.8 Å². The van der Waals surface area contributed by atoms with Gasteiger partial charge in [-0.05, 0) is 30.1 Å². The van der Waals surface area contributed by atoms with Crippen LogP contribution in [0.3, 0.4) is 0 Å². The van der Waals surface area contributed by atoms with Crippen LogP contribution in [-0.2, 0) is 14.3 Å². The van der Waals surface area contributed by atoms with Gasteiger partial charge < -0.3 is 14.8 Å². The number of carbonyl (C=O) groups excluding carboxylic acids is 2. The van der Waals surface area contributed by atoms with Crippen molar-refractivity contribution in [3.05, 3.63) is 0 Å². The maximum absolute atomic E-state index is 11.7. The van der Waals surface area contributed by atoms with Gasteiger partial charge in [-0.1, -0.05) is 20.8 Å². The van der Waals surface area contributed by atoms with Gasteiger partial charge in [-0.15, -0.1) is 0 Å². The Kier molecular flexibility index (Phi) is 6.37. The SMILES string of the molecule is COCCOC(=O)NC1CC(C)(C)CC(C)(CN=C=O)C1. The third-order valence-electron chi connectivity index (χ3n) is 3.81. The highest BCUT2D eigenvalue weighted by Gasteiger charge is 2.41. The van der Waals surface area contributed by atoms with E-state index in [0.29, 0.717) is 13.2 Å². The summed E-state index contributed by atoms with van der Waals surface area (Å²) in [5.41, 5.74) is -0.0283. The van der Waals surface area contributed by atoms with Gasteiger partial charge in [0.25, 0.3) is 0 Å². The molecule has 1 amide bonds. The van der Waals surface area contributed by atoms with Crippen molar-refractivity contribution in [2.75, 3.05) is 26.9 Å². The number of isocyanates is 1. The second-order valence-electron chi connectivity index (χ2n) is 6.94. The molecule has 1 saturated carbocycles. The number of nitrogens with zero attached hydrogens (tertiary/aromatic N) is 1. The van der Waals surface area contributed by atoms with Crippen LogP contribution < -0.4 is 5.32 Å². The number of aliphatic imine (C=N–C) groups is 1. The lowest BCUT2D eigenvalue weighted by Crippen LogP contribution is -2.48. The molecule has 1 aliphatic rings. The van der Waals surface area contributed by atoms with E-state index in [1.54, 1.807) is 13.2 Å². The zero-order valence-electron chi connectivity index (χ0n) is 13.4. The number of carbonyl (C=O) groups is 1. The van der Waals surface area contributed by atoms with Gasteiger partial charge in [0, 0.05) is 13.2 Å². The van der Waals surface area contributed by atoms with E-state index in [4.69, 9.17) is 9.47 Å². The van der Waals surface area contributed by atoms with Crippen LogP contribution >= 0.6 is 0 Å². The fourth-order valence-electron chi connectivity index (χ4n) is 3.51. The standard InChI is InChI=1S/C15H26N2O4/c1-14(2)7-12(17-13(19)21-6-5-20-4)8-15(3,9-14)10-16-11-18/h12H,5-10H2,1-4H3,(H,17,19). The Morgan fingerprint density at radius 1 is 1.33 bits per heavy atom. The molecule has 0 aliphatic heterocycles. The number of nitrogens with one attached hydrogen (secondary N) is 1. The predicted octanol–water partition coefficient (Wildman–Crippen LogP) is 2.28. The summed E-state index contributed by atoms with van der Waals surface area (Å²) in [5.74, 6) is 0. The van der Waals surface area contributed by atoms with E-state index in [1.807, 2.05) is 0 Å². The van der Waals surface area contributed by atoms with Crippen molar-refractivity contribution in [3.63, 3.8) is 0 Å². The molecule has 1 fully saturated rings. The van der Waals surface area contributed by atoms with Crippen LogP contribution in [-0.4, -0.2) is 45.1 Å². The minimum Gasteiger partial charge on any atom is -0.447 e. The van der Waals surface area contributed by atoms with Crippen molar-refractivity contribution in [3.8, 4) is 0 Å². The number of hydrogen-bond acceptors (Lipinski definition) is 5. The van der Waals surface area contributed by atoms with Crippen molar-refractivity contribution < 1.29 is 19.1 Å². The zero-order valence-corrected chi connectivity index (χ0v) is 13.4. The van der Waals surface area contributed by atoms with Gasteiger partial charge in [0.2, 0.25) is 6.08 Å². The average molecular weight is 298 g/mol. The van der Waals surface area contributed by atoms with Gasteiger partial charge in [-0.3, -0.25) is 0 Å². The number of amides is 1. The molecule has 1 N–H and O–H groups in total. The first kappa shape index (κ1) is 17.7. The molecule has 120 valence electrons. The molecule has 2 unspecified atom stereocenters. The van der Waals surface area contributed by atoms with E-state index in [9.17, 15) is 9.59 Å². The summed E-state index contributed by atoms with van der Waals surface area (Å²) in [5, 5.41) is 2.91. The Labute approximate surface area is 126 Å². The van der Waals surface area contributed by atoms with Crippen LogP contribution in [0.1, 0.15) is 40.0 Å². The summed E-state index contributed by atoms with van der Waals surface area (Å²) in [6, 6.07) is 0.0237. The van der Waals surface area contributed by atoms with Gasteiger partial charge in [-0.25, -0.2) is 14.6 Å². The number of methoxy groups -OCH3 is 1. The fraction of sp³-hybridized carbons (Fsp3) is 0.867. The summed E-state index contributed by atoms with van der Waals surface area (Å²) in [6.45, 7) is 7.50. The average Bonchev–Trinajstić information content (AvgIpc) is 2.34. The van der Waals surface area contributed by atoms with Gasteiger partial charge >= 0.3 is 6.09 Å². The number of ether oxygens (including phenoxy) is 2. The van der Waals surface area contributed by atoms with Gasteiger partial charge in [0.15, 0.2) is 0 Å². The van der Waals surface area contributed by atoms with Crippen LogP contribution in [0.25, 0.3) is 0 Å². The molecule has 21 heavy (non-hydrogen) atoms. The van der Waals surface area contributed by atoms with Crippen molar-refractivity contribution in [1.29, 1.82) is 0 Å². The van der Waals surface area contributed by atoms with Crippen molar-refractivity contribution in [1.82, 2.24) is 5.32 Å². The summed E-state index contributed by atoms with van der Waals surface area (Å²) >= 11 is 0. The molecule has 0 aromatic carbocycles. The lowest BCUT2D eigenvalue weighted by molar-refractivity contribution is 0.0643. The second-order valence-corrected chi connectivity index (χ2v) is 6.94. The molecule has 0 spiro atoms. The zero-order chi connectivity index (χ0) is 15.9. The predicted molar refractivity (Wildman–Crippen MR) is 78.9 cm³/mol. The van der Waals surface area contributed by atoms with Crippen molar-refractivity contribution in [2.45, 2.75) is 46.1 Å². The van der Waals surface area contributed by atoms with E-state index in [0.717, 1.165) is 19.3 Å².